The van der Waals surface area contributed by atoms with Gasteiger partial charge in [-0.15, -0.1) is 12.4 Å². The van der Waals surface area contributed by atoms with Crippen molar-refractivity contribution in [2.45, 2.75) is 44.3 Å². The summed E-state index contributed by atoms with van der Waals surface area (Å²) in [6.07, 6.45) is 9.76. The second-order valence-electron chi connectivity index (χ2n) is 8.22. The Morgan fingerprint density at radius 3 is 2.67 bits per heavy atom. The number of nitrogens with two attached hydrogens (primary N) is 1. The molecule has 1 saturated carbocycles. The maximum absolute atomic E-state index is 6.27. The third kappa shape index (κ3) is 5.21. The zero-order valence-corrected chi connectivity index (χ0v) is 19.7. The van der Waals surface area contributed by atoms with E-state index in [0.29, 0.717) is 18.6 Å². The average molecular weight is 484 g/mol. The number of fused-ring (bicyclic) bond motifs is 1. The maximum Gasteiger partial charge on any atom is 0.180 e. The van der Waals surface area contributed by atoms with Gasteiger partial charge in [-0.05, 0) is 49.4 Å². The molecule has 172 valence electrons. The minimum absolute atomic E-state index is 0. The van der Waals surface area contributed by atoms with Crippen LogP contribution in [0.3, 0.4) is 0 Å². The number of imidazole rings is 1. The van der Waals surface area contributed by atoms with E-state index >= 15 is 0 Å². The van der Waals surface area contributed by atoms with E-state index in [-0.39, 0.29) is 12.4 Å². The van der Waals surface area contributed by atoms with E-state index in [1.165, 1.54) is 0 Å². The zero-order chi connectivity index (χ0) is 21.9. The van der Waals surface area contributed by atoms with Crippen LogP contribution in [0.25, 0.3) is 17.0 Å². The number of anilines is 2. The minimum Gasteiger partial charge on any atom is -0.366 e. The van der Waals surface area contributed by atoms with Gasteiger partial charge < -0.3 is 16.4 Å². The van der Waals surface area contributed by atoms with Crippen molar-refractivity contribution in [3.8, 4) is 11.4 Å². The van der Waals surface area contributed by atoms with Crippen molar-refractivity contribution in [2.75, 3.05) is 10.6 Å². The summed E-state index contributed by atoms with van der Waals surface area (Å²) in [5, 5.41) is 7.67. The third-order valence-electron chi connectivity index (χ3n) is 5.97. The SMILES string of the molecule is Cl.NC1CCC(Nc2nccn3c(-c4cccc(NCc5ccccc5Cl)n4)cnc23)CC1. The van der Waals surface area contributed by atoms with Crippen molar-refractivity contribution in [2.24, 2.45) is 5.73 Å². The normalized spacial score (nSPS) is 18.0. The fourth-order valence-electron chi connectivity index (χ4n) is 4.17. The first-order valence-corrected chi connectivity index (χ1v) is 11.3. The predicted octanol–water partition coefficient (Wildman–Crippen LogP) is 5.16. The maximum atomic E-state index is 6.27. The van der Waals surface area contributed by atoms with Crippen LogP contribution >= 0.6 is 24.0 Å². The highest BCUT2D eigenvalue weighted by molar-refractivity contribution is 6.31. The highest BCUT2D eigenvalue weighted by atomic mass is 35.5. The molecule has 0 bridgehead atoms. The van der Waals surface area contributed by atoms with Gasteiger partial charge in [-0.1, -0.05) is 35.9 Å². The van der Waals surface area contributed by atoms with E-state index in [9.17, 15) is 0 Å². The molecule has 9 heteroatoms. The van der Waals surface area contributed by atoms with Gasteiger partial charge in [0.2, 0.25) is 0 Å². The number of halogens is 2. The van der Waals surface area contributed by atoms with Crippen molar-refractivity contribution in [1.82, 2.24) is 19.4 Å². The van der Waals surface area contributed by atoms with Crippen LogP contribution in [0, 0.1) is 0 Å². The molecular formula is C24H27Cl2N7. The number of nitrogens with zero attached hydrogens (tertiary/aromatic N) is 4. The largest absolute Gasteiger partial charge is 0.366 e. The molecule has 0 saturated heterocycles. The van der Waals surface area contributed by atoms with Gasteiger partial charge in [0.25, 0.3) is 0 Å². The van der Waals surface area contributed by atoms with Gasteiger partial charge in [0.05, 0.1) is 17.6 Å². The molecule has 4 N–H and O–H groups in total. The number of nitrogens with one attached hydrogen (secondary N) is 2. The number of aromatic nitrogens is 4. The molecule has 3 aromatic heterocycles. The fourth-order valence-corrected chi connectivity index (χ4v) is 4.37. The molecule has 0 aliphatic heterocycles. The standard InChI is InChI=1S/C24H26ClN7.ClH/c25-19-5-2-1-4-16(19)14-28-22-7-3-6-20(31-22)21-15-29-24-23(27-12-13-32(21)24)30-18-10-8-17(26)9-11-18;/h1-7,12-13,15,17-18H,8-11,14,26H2,(H,27,30)(H,28,31);1H. The molecule has 0 radical (unpaired) electrons. The van der Waals surface area contributed by atoms with Crippen molar-refractivity contribution in [1.29, 1.82) is 0 Å². The van der Waals surface area contributed by atoms with Crippen LogP contribution in [-0.4, -0.2) is 31.4 Å². The summed E-state index contributed by atoms with van der Waals surface area (Å²) in [6.45, 7) is 0.603. The van der Waals surface area contributed by atoms with Gasteiger partial charge in [0, 0.05) is 36.0 Å². The molecule has 0 unspecified atom stereocenters. The van der Waals surface area contributed by atoms with Crippen LogP contribution in [0.4, 0.5) is 11.6 Å². The molecule has 0 amide bonds. The fraction of sp³-hybridized carbons (Fsp3) is 0.292. The lowest BCUT2D eigenvalue weighted by molar-refractivity contribution is 0.410. The Kier molecular flexibility index (Phi) is 7.33. The van der Waals surface area contributed by atoms with Crippen molar-refractivity contribution < 1.29 is 0 Å². The van der Waals surface area contributed by atoms with E-state index in [4.69, 9.17) is 22.3 Å². The lowest BCUT2D eigenvalue weighted by atomic mass is 9.92. The number of rotatable bonds is 6. The van der Waals surface area contributed by atoms with Crippen LogP contribution in [0.2, 0.25) is 5.02 Å². The Bertz CT molecular complexity index is 1220. The van der Waals surface area contributed by atoms with Gasteiger partial charge in [0.15, 0.2) is 11.5 Å². The summed E-state index contributed by atoms with van der Waals surface area (Å²) in [5.41, 5.74) is 9.62. The first-order chi connectivity index (χ1) is 15.7. The molecule has 5 rings (SSSR count). The van der Waals surface area contributed by atoms with Crippen LogP contribution in [-0.2, 0) is 6.54 Å². The van der Waals surface area contributed by atoms with Crippen molar-refractivity contribution in [3.05, 3.63) is 71.6 Å². The van der Waals surface area contributed by atoms with Gasteiger partial charge in [0.1, 0.15) is 5.82 Å². The molecule has 3 heterocycles. The zero-order valence-electron chi connectivity index (χ0n) is 18.1. The van der Waals surface area contributed by atoms with Gasteiger partial charge in [-0.2, -0.15) is 0 Å². The molecule has 1 aliphatic rings. The predicted molar refractivity (Wildman–Crippen MR) is 136 cm³/mol. The molecule has 0 atom stereocenters. The smallest absolute Gasteiger partial charge is 0.180 e. The van der Waals surface area contributed by atoms with Crippen LogP contribution in [0.1, 0.15) is 31.2 Å². The molecule has 7 nitrogen and oxygen atoms in total. The lowest BCUT2D eigenvalue weighted by Gasteiger charge is -2.27. The van der Waals surface area contributed by atoms with Crippen molar-refractivity contribution in [3.63, 3.8) is 0 Å². The summed E-state index contributed by atoms with van der Waals surface area (Å²) in [7, 11) is 0. The van der Waals surface area contributed by atoms with Crippen LogP contribution < -0.4 is 16.4 Å². The lowest BCUT2D eigenvalue weighted by Crippen LogP contribution is -2.33. The molecular weight excluding hydrogens is 457 g/mol. The Morgan fingerprint density at radius 1 is 1.03 bits per heavy atom. The molecule has 1 fully saturated rings. The van der Waals surface area contributed by atoms with Gasteiger partial charge in [-0.3, -0.25) is 4.40 Å². The van der Waals surface area contributed by atoms with E-state index in [1.54, 1.807) is 6.20 Å². The van der Waals surface area contributed by atoms with Gasteiger partial charge >= 0.3 is 0 Å². The second kappa shape index (κ2) is 10.4. The van der Waals surface area contributed by atoms with E-state index in [0.717, 1.165) is 64.9 Å². The Balaban J connectivity index is 0.00000259. The third-order valence-corrected chi connectivity index (χ3v) is 6.34. The number of hydrogen-bond donors (Lipinski definition) is 3. The minimum atomic E-state index is 0. The molecule has 1 aliphatic carbocycles. The van der Waals surface area contributed by atoms with E-state index in [2.05, 4.69) is 20.6 Å². The number of pyridine rings is 1. The Morgan fingerprint density at radius 2 is 1.85 bits per heavy atom. The average Bonchev–Trinajstić information content (AvgIpc) is 3.26. The van der Waals surface area contributed by atoms with Crippen LogP contribution in [0.5, 0.6) is 0 Å². The van der Waals surface area contributed by atoms with Crippen molar-refractivity contribution >= 4 is 41.3 Å². The molecule has 4 aromatic rings. The quantitative estimate of drug-likeness (QED) is 0.350. The second-order valence-corrected chi connectivity index (χ2v) is 8.63. The monoisotopic (exact) mass is 483 g/mol. The molecule has 33 heavy (non-hydrogen) atoms. The summed E-state index contributed by atoms with van der Waals surface area (Å²) in [6, 6.07) is 14.4. The Labute approximate surface area is 204 Å². The first-order valence-electron chi connectivity index (χ1n) is 11.0. The number of benzene rings is 1. The molecule has 1 aromatic carbocycles. The highest BCUT2D eigenvalue weighted by Crippen LogP contribution is 2.26. The van der Waals surface area contributed by atoms with E-state index < -0.39 is 0 Å². The van der Waals surface area contributed by atoms with Crippen LogP contribution in [0.15, 0.2) is 61.1 Å². The summed E-state index contributed by atoms with van der Waals surface area (Å²) in [4.78, 5) is 14.0. The number of hydrogen-bond acceptors (Lipinski definition) is 6. The highest BCUT2D eigenvalue weighted by Gasteiger charge is 2.20. The Hall–Kier alpha value is -2.87. The summed E-state index contributed by atoms with van der Waals surface area (Å²) < 4.78 is 2.03. The summed E-state index contributed by atoms with van der Waals surface area (Å²) >= 11 is 6.27. The van der Waals surface area contributed by atoms with Gasteiger partial charge in [-0.25, -0.2) is 15.0 Å². The van der Waals surface area contributed by atoms with E-state index in [1.807, 2.05) is 59.3 Å². The molecule has 0 spiro atoms. The first kappa shape index (κ1) is 23.3. The topological polar surface area (TPSA) is 93.2 Å². The summed E-state index contributed by atoms with van der Waals surface area (Å²) in [5.74, 6) is 1.58.